The molecule has 0 radical (unpaired) electrons. The molecule has 2 rings (SSSR count). The van der Waals surface area contributed by atoms with E-state index in [9.17, 15) is 13.6 Å². The number of rotatable bonds is 2. The first-order valence-corrected chi connectivity index (χ1v) is 5.28. The van der Waals surface area contributed by atoms with Gasteiger partial charge >= 0.3 is 5.97 Å². The van der Waals surface area contributed by atoms with Crippen LogP contribution >= 0.6 is 0 Å². The molecule has 1 N–H and O–H groups in total. The molecule has 1 aliphatic carbocycles. The van der Waals surface area contributed by atoms with Crippen LogP contribution < -0.4 is 0 Å². The summed E-state index contributed by atoms with van der Waals surface area (Å²) in [4.78, 5) is 11.0. The number of carboxylic acid groups (broad SMARTS) is 1. The highest BCUT2D eigenvalue weighted by atomic mass is 19.2. The van der Waals surface area contributed by atoms with Crippen LogP contribution in [0.1, 0.15) is 30.7 Å². The van der Waals surface area contributed by atoms with E-state index in [0.717, 1.165) is 12.5 Å². The van der Waals surface area contributed by atoms with Crippen LogP contribution in [0.15, 0.2) is 18.2 Å². The zero-order valence-electron chi connectivity index (χ0n) is 8.62. The molecule has 0 amide bonds. The van der Waals surface area contributed by atoms with Crippen LogP contribution in [0.5, 0.6) is 0 Å². The van der Waals surface area contributed by atoms with Gasteiger partial charge in [0.25, 0.3) is 0 Å². The fourth-order valence-corrected chi connectivity index (χ4v) is 2.43. The summed E-state index contributed by atoms with van der Waals surface area (Å²) < 4.78 is 26.6. The van der Waals surface area contributed by atoms with Crippen molar-refractivity contribution in [3.8, 4) is 0 Å². The lowest BCUT2D eigenvalue weighted by Crippen LogP contribution is -2.18. The molecule has 16 heavy (non-hydrogen) atoms. The van der Waals surface area contributed by atoms with Gasteiger partial charge in [0.05, 0.1) is 5.92 Å². The van der Waals surface area contributed by atoms with Crippen molar-refractivity contribution in [2.75, 3.05) is 0 Å². The van der Waals surface area contributed by atoms with Crippen molar-refractivity contribution in [2.45, 2.75) is 25.2 Å². The SMILES string of the molecule is O=C(O)C1CCCC1c1cccc(F)c1F. The minimum absolute atomic E-state index is 0.199. The molecule has 86 valence electrons. The number of carbonyl (C=O) groups is 1. The second-order valence-electron chi connectivity index (χ2n) is 4.13. The van der Waals surface area contributed by atoms with E-state index in [0.29, 0.717) is 12.8 Å². The molecule has 0 heterocycles. The fourth-order valence-electron chi connectivity index (χ4n) is 2.43. The van der Waals surface area contributed by atoms with Gasteiger partial charge in [0.2, 0.25) is 0 Å². The number of aliphatic carboxylic acids is 1. The Hall–Kier alpha value is -1.45. The molecule has 0 saturated heterocycles. The lowest BCUT2D eigenvalue weighted by molar-refractivity contribution is -0.142. The Morgan fingerprint density at radius 2 is 2.06 bits per heavy atom. The number of carboxylic acids is 1. The molecule has 1 aromatic carbocycles. The van der Waals surface area contributed by atoms with Gasteiger partial charge in [-0.1, -0.05) is 18.6 Å². The van der Waals surface area contributed by atoms with E-state index in [4.69, 9.17) is 5.11 Å². The highest BCUT2D eigenvalue weighted by Gasteiger charge is 2.35. The zero-order chi connectivity index (χ0) is 11.7. The van der Waals surface area contributed by atoms with Crippen molar-refractivity contribution >= 4 is 5.97 Å². The Labute approximate surface area is 91.9 Å². The lowest BCUT2D eigenvalue weighted by Gasteiger charge is -2.16. The first-order valence-electron chi connectivity index (χ1n) is 5.28. The van der Waals surface area contributed by atoms with Crippen molar-refractivity contribution in [3.05, 3.63) is 35.4 Å². The third-order valence-corrected chi connectivity index (χ3v) is 3.21. The first-order chi connectivity index (χ1) is 7.61. The smallest absolute Gasteiger partial charge is 0.307 e. The Morgan fingerprint density at radius 3 is 2.75 bits per heavy atom. The van der Waals surface area contributed by atoms with Crippen LogP contribution in [0.25, 0.3) is 0 Å². The van der Waals surface area contributed by atoms with E-state index < -0.39 is 29.4 Å². The summed E-state index contributed by atoms with van der Waals surface area (Å²) in [6.07, 6.45) is 1.89. The second-order valence-corrected chi connectivity index (χ2v) is 4.13. The fraction of sp³-hybridized carbons (Fsp3) is 0.417. The van der Waals surface area contributed by atoms with Crippen molar-refractivity contribution in [1.82, 2.24) is 0 Å². The van der Waals surface area contributed by atoms with E-state index in [1.54, 1.807) is 0 Å². The van der Waals surface area contributed by atoms with Gasteiger partial charge in [-0.2, -0.15) is 0 Å². The van der Waals surface area contributed by atoms with Crippen molar-refractivity contribution in [2.24, 2.45) is 5.92 Å². The summed E-state index contributed by atoms with van der Waals surface area (Å²) in [6.45, 7) is 0. The van der Waals surface area contributed by atoms with E-state index in [1.807, 2.05) is 0 Å². The van der Waals surface area contributed by atoms with Gasteiger partial charge in [-0.25, -0.2) is 8.78 Å². The highest BCUT2D eigenvalue weighted by molar-refractivity contribution is 5.71. The third kappa shape index (κ3) is 1.79. The Balaban J connectivity index is 2.36. The van der Waals surface area contributed by atoms with Gasteiger partial charge in [0.1, 0.15) is 0 Å². The highest BCUT2D eigenvalue weighted by Crippen LogP contribution is 2.40. The third-order valence-electron chi connectivity index (χ3n) is 3.21. The average Bonchev–Trinajstić information content (AvgIpc) is 2.70. The molecule has 0 aromatic heterocycles. The molecule has 2 atom stereocenters. The standard InChI is InChI=1S/C12H12F2O2/c13-10-6-2-4-8(11(10)14)7-3-1-5-9(7)12(15)16/h2,4,6-7,9H,1,3,5H2,(H,15,16). The maximum absolute atomic E-state index is 13.5. The van der Waals surface area contributed by atoms with Gasteiger partial charge in [0.15, 0.2) is 11.6 Å². The molecule has 1 aromatic rings. The van der Waals surface area contributed by atoms with Crippen molar-refractivity contribution < 1.29 is 18.7 Å². The molecule has 1 aliphatic rings. The monoisotopic (exact) mass is 226 g/mol. The van der Waals surface area contributed by atoms with Gasteiger partial charge in [0, 0.05) is 5.92 Å². The first kappa shape index (κ1) is 11.0. The zero-order valence-corrected chi connectivity index (χ0v) is 8.62. The van der Waals surface area contributed by atoms with E-state index in [2.05, 4.69) is 0 Å². The van der Waals surface area contributed by atoms with Gasteiger partial charge < -0.3 is 5.11 Å². The van der Waals surface area contributed by atoms with Crippen LogP contribution in [0.4, 0.5) is 8.78 Å². The Bertz CT molecular complexity index is 417. The van der Waals surface area contributed by atoms with E-state index in [-0.39, 0.29) is 5.56 Å². The second kappa shape index (κ2) is 4.20. The normalized spacial score (nSPS) is 24.6. The molecule has 0 spiro atoms. The van der Waals surface area contributed by atoms with Gasteiger partial charge in [-0.15, -0.1) is 0 Å². The van der Waals surface area contributed by atoms with Crippen LogP contribution in [-0.2, 0) is 4.79 Å². The van der Waals surface area contributed by atoms with Gasteiger partial charge in [-0.3, -0.25) is 4.79 Å². The molecule has 2 unspecified atom stereocenters. The minimum Gasteiger partial charge on any atom is -0.481 e. The Kier molecular flexibility index (Phi) is 2.90. The molecular weight excluding hydrogens is 214 g/mol. The van der Waals surface area contributed by atoms with Crippen LogP contribution in [0.3, 0.4) is 0 Å². The summed E-state index contributed by atoms with van der Waals surface area (Å²) in [5.41, 5.74) is 0.199. The molecular formula is C12H12F2O2. The molecule has 0 bridgehead atoms. The van der Waals surface area contributed by atoms with Gasteiger partial charge in [-0.05, 0) is 24.5 Å². The maximum Gasteiger partial charge on any atom is 0.307 e. The summed E-state index contributed by atoms with van der Waals surface area (Å²) in [6, 6.07) is 3.94. The van der Waals surface area contributed by atoms with Crippen molar-refractivity contribution in [3.63, 3.8) is 0 Å². The summed E-state index contributed by atoms with van der Waals surface area (Å²) in [5.74, 6) is -3.72. The molecule has 1 fully saturated rings. The number of hydrogen-bond acceptors (Lipinski definition) is 1. The largest absolute Gasteiger partial charge is 0.481 e. The molecule has 2 nitrogen and oxygen atoms in total. The summed E-state index contributed by atoms with van der Waals surface area (Å²) in [7, 11) is 0. The number of halogens is 2. The summed E-state index contributed by atoms with van der Waals surface area (Å²) in [5, 5.41) is 8.99. The topological polar surface area (TPSA) is 37.3 Å². The Morgan fingerprint density at radius 1 is 1.31 bits per heavy atom. The van der Waals surface area contributed by atoms with E-state index >= 15 is 0 Å². The number of benzene rings is 1. The van der Waals surface area contributed by atoms with Crippen molar-refractivity contribution in [1.29, 1.82) is 0 Å². The number of hydrogen-bond donors (Lipinski definition) is 1. The molecule has 4 heteroatoms. The predicted octanol–water partition coefficient (Wildman–Crippen LogP) is 2.93. The lowest BCUT2D eigenvalue weighted by atomic mass is 9.88. The maximum atomic E-state index is 13.5. The van der Waals surface area contributed by atoms with Crippen LogP contribution in [-0.4, -0.2) is 11.1 Å². The predicted molar refractivity (Wildman–Crippen MR) is 54.1 cm³/mol. The minimum atomic E-state index is -0.925. The molecule has 0 aliphatic heterocycles. The average molecular weight is 226 g/mol. The molecule has 1 saturated carbocycles. The van der Waals surface area contributed by atoms with Crippen LogP contribution in [0.2, 0.25) is 0 Å². The quantitative estimate of drug-likeness (QED) is 0.841. The van der Waals surface area contributed by atoms with Crippen LogP contribution in [0, 0.1) is 17.6 Å². The summed E-state index contributed by atoms with van der Waals surface area (Å²) >= 11 is 0. The van der Waals surface area contributed by atoms with E-state index in [1.165, 1.54) is 12.1 Å².